The maximum absolute atomic E-state index is 13.3. The highest BCUT2D eigenvalue weighted by Crippen LogP contribution is 2.17. The van der Waals surface area contributed by atoms with Crippen molar-refractivity contribution in [1.29, 1.82) is 0 Å². The quantitative estimate of drug-likeness (QED) is 0.649. The van der Waals surface area contributed by atoms with Gasteiger partial charge in [0.15, 0.2) is 0 Å². The van der Waals surface area contributed by atoms with Crippen molar-refractivity contribution < 1.29 is 4.39 Å². The lowest BCUT2D eigenvalue weighted by Gasteiger charge is -2.01. The molecule has 1 aromatic heterocycles. The Bertz CT molecular complexity index is 437. The molecule has 0 aliphatic heterocycles. The van der Waals surface area contributed by atoms with E-state index in [2.05, 4.69) is 4.98 Å². The van der Waals surface area contributed by atoms with Gasteiger partial charge in [-0.1, -0.05) is 13.0 Å². The van der Waals surface area contributed by atoms with E-state index in [1.165, 1.54) is 6.07 Å². The van der Waals surface area contributed by atoms with Gasteiger partial charge in [-0.15, -0.1) is 0 Å². The molecule has 2 heteroatoms. The van der Waals surface area contributed by atoms with E-state index in [1.807, 2.05) is 25.1 Å². The molecule has 13 heavy (non-hydrogen) atoms. The second-order valence-corrected chi connectivity index (χ2v) is 2.99. The fraction of sp³-hybridized carbons (Fsp3) is 0.182. The third-order valence-electron chi connectivity index (χ3n) is 2.15. The maximum atomic E-state index is 13.3. The summed E-state index contributed by atoms with van der Waals surface area (Å²) in [7, 11) is 0. The van der Waals surface area contributed by atoms with Crippen LogP contribution in [0, 0.1) is 5.82 Å². The molecule has 0 atom stereocenters. The highest BCUT2D eigenvalue weighted by atomic mass is 19.1. The zero-order valence-corrected chi connectivity index (χ0v) is 7.42. The highest BCUT2D eigenvalue weighted by molar-refractivity contribution is 5.79. The number of pyridine rings is 1. The second-order valence-electron chi connectivity index (χ2n) is 2.99. The summed E-state index contributed by atoms with van der Waals surface area (Å²) in [6, 6.07) is 7.16. The molecule has 0 saturated carbocycles. The number of aromatic nitrogens is 1. The zero-order valence-electron chi connectivity index (χ0n) is 7.42. The minimum absolute atomic E-state index is 0.159. The van der Waals surface area contributed by atoms with Crippen LogP contribution in [0.15, 0.2) is 30.5 Å². The summed E-state index contributed by atoms with van der Waals surface area (Å²) in [4.78, 5) is 4.08. The fourth-order valence-electron chi connectivity index (χ4n) is 1.41. The number of aryl methyl sites for hydroxylation is 1. The zero-order chi connectivity index (χ0) is 9.26. The minimum atomic E-state index is -0.159. The van der Waals surface area contributed by atoms with Crippen molar-refractivity contribution in [3.05, 3.63) is 41.8 Å². The Morgan fingerprint density at radius 3 is 3.00 bits per heavy atom. The Kier molecular flexibility index (Phi) is 1.97. The van der Waals surface area contributed by atoms with Gasteiger partial charge in [0.25, 0.3) is 0 Å². The SMILES string of the molecule is CCc1cc2cccnc2cc1F. The predicted molar refractivity (Wildman–Crippen MR) is 51.1 cm³/mol. The van der Waals surface area contributed by atoms with E-state index in [4.69, 9.17) is 0 Å². The van der Waals surface area contributed by atoms with Crippen LogP contribution < -0.4 is 0 Å². The van der Waals surface area contributed by atoms with Gasteiger partial charge in [0.2, 0.25) is 0 Å². The summed E-state index contributed by atoms with van der Waals surface area (Å²) in [5, 5.41) is 1.00. The average Bonchev–Trinajstić information content (AvgIpc) is 2.17. The number of hydrogen-bond acceptors (Lipinski definition) is 1. The van der Waals surface area contributed by atoms with E-state index in [9.17, 15) is 4.39 Å². The Morgan fingerprint density at radius 2 is 2.23 bits per heavy atom. The molecular weight excluding hydrogens is 165 g/mol. The van der Waals surface area contributed by atoms with Crippen molar-refractivity contribution >= 4 is 10.9 Å². The normalized spacial score (nSPS) is 10.6. The van der Waals surface area contributed by atoms with Gasteiger partial charge in [0.05, 0.1) is 5.52 Å². The molecule has 0 amide bonds. The van der Waals surface area contributed by atoms with Gasteiger partial charge in [-0.25, -0.2) is 4.39 Å². The molecule has 0 unspecified atom stereocenters. The number of rotatable bonds is 1. The summed E-state index contributed by atoms with van der Waals surface area (Å²) in [6.45, 7) is 1.95. The molecule has 0 radical (unpaired) electrons. The molecule has 0 fully saturated rings. The molecular formula is C11H10FN. The van der Waals surface area contributed by atoms with Gasteiger partial charge in [-0.05, 0) is 24.1 Å². The molecule has 0 saturated heterocycles. The van der Waals surface area contributed by atoms with Crippen molar-refractivity contribution in [1.82, 2.24) is 4.98 Å². The van der Waals surface area contributed by atoms with E-state index in [0.29, 0.717) is 0 Å². The number of halogens is 1. The van der Waals surface area contributed by atoms with E-state index in [0.717, 1.165) is 22.9 Å². The van der Waals surface area contributed by atoms with Crippen LogP contribution in [0.3, 0.4) is 0 Å². The first-order chi connectivity index (χ1) is 6.31. The van der Waals surface area contributed by atoms with E-state index in [-0.39, 0.29) is 5.82 Å². The lowest BCUT2D eigenvalue weighted by molar-refractivity contribution is 0.614. The highest BCUT2D eigenvalue weighted by Gasteiger charge is 2.02. The molecule has 0 aliphatic carbocycles. The van der Waals surface area contributed by atoms with Crippen LogP contribution in [-0.4, -0.2) is 4.98 Å². The predicted octanol–water partition coefficient (Wildman–Crippen LogP) is 2.94. The topological polar surface area (TPSA) is 12.9 Å². The molecule has 0 N–H and O–H groups in total. The second kappa shape index (κ2) is 3.13. The van der Waals surface area contributed by atoms with Crippen molar-refractivity contribution in [2.45, 2.75) is 13.3 Å². The third-order valence-corrected chi connectivity index (χ3v) is 2.15. The Balaban J connectivity index is 2.74. The molecule has 0 bridgehead atoms. The molecule has 1 aromatic carbocycles. The Hall–Kier alpha value is -1.44. The monoisotopic (exact) mass is 175 g/mol. The first kappa shape index (κ1) is 8.17. The summed E-state index contributed by atoms with van der Waals surface area (Å²) in [5.74, 6) is -0.159. The smallest absolute Gasteiger partial charge is 0.128 e. The molecule has 0 spiro atoms. The first-order valence-electron chi connectivity index (χ1n) is 4.34. The van der Waals surface area contributed by atoms with Crippen LogP contribution in [0.5, 0.6) is 0 Å². The van der Waals surface area contributed by atoms with E-state index < -0.39 is 0 Å². The summed E-state index contributed by atoms with van der Waals surface area (Å²) >= 11 is 0. The molecule has 2 rings (SSSR count). The minimum Gasteiger partial charge on any atom is -0.256 e. The maximum Gasteiger partial charge on any atom is 0.128 e. The standard InChI is InChI=1S/C11H10FN/c1-2-8-6-9-4-3-5-13-11(9)7-10(8)12/h3-7H,2H2,1H3. The van der Waals surface area contributed by atoms with Gasteiger partial charge < -0.3 is 0 Å². The largest absolute Gasteiger partial charge is 0.256 e. The van der Waals surface area contributed by atoms with Crippen molar-refractivity contribution in [2.75, 3.05) is 0 Å². The van der Waals surface area contributed by atoms with Crippen LogP contribution >= 0.6 is 0 Å². The molecule has 1 nitrogen and oxygen atoms in total. The van der Waals surface area contributed by atoms with Gasteiger partial charge in [0.1, 0.15) is 5.82 Å². The van der Waals surface area contributed by atoms with Gasteiger partial charge in [0, 0.05) is 17.6 Å². The summed E-state index contributed by atoms with van der Waals surface area (Å²) in [5.41, 5.74) is 1.47. The third kappa shape index (κ3) is 1.39. The summed E-state index contributed by atoms with van der Waals surface area (Å²) in [6.07, 6.45) is 2.39. The van der Waals surface area contributed by atoms with Crippen LogP contribution in [0.1, 0.15) is 12.5 Å². The number of hydrogen-bond donors (Lipinski definition) is 0. The Morgan fingerprint density at radius 1 is 1.38 bits per heavy atom. The van der Waals surface area contributed by atoms with Crippen LogP contribution in [0.25, 0.3) is 10.9 Å². The van der Waals surface area contributed by atoms with Crippen LogP contribution in [-0.2, 0) is 6.42 Å². The number of nitrogens with zero attached hydrogens (tertiary/aromatic N) is 1. The number of benzene rings is 1. The fourth-order valence-corrected chi connectivity index (χ4v) is 1.41. The van der Waals surface area contributed by atoms with Gasteiger partial charge >= 0.3 is 0 Å². The number of fused-ring (bicyclic) bond motifs is 1. The van der Waals surface area contributed by atoms with E-state index >= 15 is 0 Å². The Labute approximate surface area is 76.2 Å². The molecule has 2 aromatic rings. The van der Waals surface area contributed by atoms with Crippen LogP contribution in [0.2, 0.25) is 0 Å². The van der Waals surface area contributed by atoms with Crippen LogP contribution in [0.4, 0.5) is 4.39 Å². The van der Waals surface area contributed by atoms with Gasteiger partial charge in [-0.2, -0.15) is 0 Å². The molecule has 1 heterocycles. The molecule has 0 aliphatic rings. The molecule has 66 valence electrons. The van der Waals surface area contributed by atoms with Crippen molar-refractivity contribution in [3.63, 3.8) is 0 Å². The summed E-state index contributed by atoms with van der Waals surface area (Å²) < 4.78 is 13.3. The van der Waals surface area contributed by atoms with E-state index in [1.54, 1.807) is 6.20 Å². The van der Waals surface area contributed by atoms with Crippen molar-refractivity contribution in [3.8, 4) is 0 Å². The first-order valence-corrected chi connectivity index (χ1v) is 4.34. The average molecular weight is 175 g/mol. The van der Waals surface area contributed by atoms with Crippen molar-refractivity contribution in [2.24, 2.45) is 0 Å². The van der Waals surface area contributed by atoms with Gasteiger partial charge in [-0.3, -0.25) is 4.98 Å². The lowest BCUT2D eigenvalue weighted by Crippen LogP contribution is -1.88. The lowest BCUT2D eigenvalue weighted by atomic mass is 10.1.